The molecule has 0 saturated carbocycles. The summed E-state index contributed by atoms with van der Waals surface area (Å²) in [6.07, 6.45) is 1.07. The van der Waals surface area contributed by atoms with Crippen LogP contribution in [0, 0.1) is 5.92 Å². The molecule has 2 rings (SSSR count). The molecule has 0 bridgehead atoms. The van der Waals surface area contributed by atoms with E-state index in [1.165, 1.54) is 0 Å². The minimum atomic E-state index is -0.0801. The van der Waals surface area contributed by atoms with Crippen LogP contribution >= 0.6 is 11.6 Å². The second-order valence-corrected chi connectivity index (χ2v) is 4.95. The van der Waals surface area contributed by atoms with E-state index >= 15 is 0 Å². The molecule has 0 aliphatic carbocycles. The first kappa shape index (κ1) is 12.7. The van der Waals surface area contributed by atoms with Gasteiger partial charge in [-0.15, -0.1) is 0 Å². The first-order valence-electron chi connectivity index (χ1n) is 5.92. The number of ether oxygens (including phenoxy) is 2. The van der Waals surface area contributed by atoms with E-state index < -0.39 is 0 Å². The molecule has 94 valence electrons. The van der Waals surface area contributed by atoms with Crippen LogP contribution < -0.4 is 10.5 Å². The van der Waals surface area contributed by atoms with E-state index in [0.717, 1.165) is 30.9 Å². The summed E-state index contributed by atoms with van der Waals surface area (Å²) in [5.74, 6) is 1.32. The maximum Gasteiger partial charge on any atom is 0.124 e. The third kappa shape index (κ3) is 3.35. The number of hydrogen-bond donors (Lipinski definition) is 1. The highest BCUT2D eigenvalue weighted by Crippen LogP contribution is 2.28. The Hall–Kier alpha value is -0.770. The second kappa shape index (κ2) is 5.71. The first-order valence-corrected chi connectivity index (χ1v) is 6.30. The first-order chi connectivity index (χ1) is 8.16. The molecule has 1 aromatic rings. The van der Waals surface area contributed by atoms with Crippen molar-refractivity contribution in [3.8, 4) is 5.75 Å². The highest BCUT2D eigenvalue weighted by Gasteiger charge is 2.17. The van der Waals surface area contributed by atoms with E-state index in [2.05, 4.69) is 0 Å². The van der Waals surface area contributed by atoms with E-state index in [9.17, 15) is 0 Å². The van der Waals surface area contributed by atoms with Crippen LogP contribution in [0.4, 0.5) is 0 Å². The minimum Gasteiger partial charge on any atom is -0.493 e. The normalized spacial score (nSPS) is 21.5. The lowest BCUT2D eigenvalue weighted by molar-refractivity contribution is 0.166. The molecule has 2 atom stereocenters. The number of nitrogens with two attached hydrogens (primary N) is 1. The summed E-state index contributed by atoms with van der Waals surface area (Å²) in [5, 5.41) is 0.689. The van der Waals surface area contributed by atoms with E-state index in [-0.39, 0.29) is 6.04 Å². The zero-order chi connectivity index (χ0) is 12.3. The lowest BCUT2D eigenvalue weighted by Crippen LogP contribution is -2.14. The summed E-state index contributed by atoms with van der Waals surface area (Å²) in [5.41, 5.74) is 6.86. The van der Waals surface area contributed by atoms with E-state index in [0.29, 0.717) is 17.5 Å². The molecular formula is C13H18ClNO2. The summed E-state index contributed by atoms with van der Waals surface area (Å²) >= 11 is 5.96. The van der Waals surface area contributed by atoms with Gasteiger partial charge in [0.25, 0.3) is 0 Å². The molecule has 4 heteroatoms. The average Bonchev–Trinajstić information content (AvgIpc) is 2.80. The molecule has 0 aromatic heterocycles. The van der Waals surface area contributed by atoms with Crippen LogP contribution in [0.5, 0.6) is 5.75 Å². The van der Waals surface area contributed by atoms with Crippen molar-refractivity contribution in [3.05, 3.63) is 28.8 Å². The third-order valence-electron chi connectivity index (χ3n) is 2.96. The topological polar surface area (TPSA) is 44.5 Å². The Balaban J connectivity index is 2.03. The van der Waals surface area contributed by atoms with Gasteiger partial charge in [-0.2, -0.15) is 0 Å². The Morgan fingerprint density at radius 2 is 2.41 bits per heavy atom. The van der Waals surface area contributed by atoms with Crippen LogP contribution in [-0.4, -0.2) is 19.8 Å². The quantitative estimate of drug-likeness (QED) is 0.900. The standard InChI is InChI=1S/C13H18ClNO2/c1-9(15)12-6-11(14)2-3-13(12)17-8-10-4-5-16-7-10/h2-3,6,9-10H,4-5,7-8,15H2,1H3/t9-,10?/m1/s1. The smallest absolute Gasteiger partial charge is 0.124 e. The van der Waals surface area contributed by atoms with E-state index in [1.807, 2.05) is 25.1 Å². The van der Waals surface area contributed by atoms with Crippen LogP contribution in [0.2, 0.25) is 5.02 Å². The van der Waals surface area contributed by atoms with E-state index in [4.69, 9.17) is 26.8 Å². The Kier molecular flexibility index (Phi) is 4.26. The lowest BCUT2D eigenvalue weighted by atomic mass is 10.1. The van der Waals surface area contributed by atoms with Gasteiger partial charge in [-0.3, -0.25) is 0 Å². The molecule has 1 aliphatic rings. The van der Waals surface area contributed by atoms with Gasteiger partial charge < -0.3 is 15.2 Å². The number of halogens is 1. The zero-order valence-electron chi connectivity index (χ0n) is 9.99. The molecule has 2 N–H and O–H groups in total. The monoisotopic (exact) mass is 255 g/mol. The second-order valence-electron chi connectivity index (χ2n) is 4.51. The fourth-order valence-electron chi connectivity index (χ4n) is 1.93. The van der Waals surface area contributed by atoms with Crippen LogP contribution in [-0.2, 0) is 4.74 Å². The maximum absolute atomic E-state index is 5.96. The van der Waals surface area contributed by atoms with Gasteiger partial charge >= 0.3 is 0 Å². The molecular weight excluding hydrogens is 238 g/mol. The maximum atomic E-state index is 5.96. The highest BCUT2D eigenvalue weighted by atomic mass is 35.5. The number of benzene rings is 1. The molecule has 1 fully saturated rings. The third-order valence-corrected chi connectivity index (χ3v) is 3.20. The SMILES string of the molecule is C[C@@H](N)c1cc(Cl)ccc1OCC1CCOC1. The fourth-order valence-corrected chi connectivity index (χ4v) is 2.11. The van der Waals surface area contributed by atoms with Gasteiger partial charge in [0.05, 0.1) is 13.2 Å². The summed E-state index contributed by atoms with van der Waals surface area (Å²) < 4.78 is 11.1. The van der Waals surface area contributed by atoms with Gasteiger partial charge in [0.2, 0.25) is 0 Å². The Bertz CT molecular complexity index is 376. The molecule has 3 nitrogen and oxygen atoms in total. The van der Waals surface area contributed by atoms with Crippen LogP contribution in [0.25, 0.3) is 0 Å². The number of hydrogen-bond acceptors (Lipinski definition) is 3. The van der Waals surface area contributed by atoms with Gasteiger partial charge in [-0.25, -0.2) is 0 Å². The number of rotatable bonds is 4. The van der Waals surface area contributed by atoms with Crippen molar-refractivity contribution in [2.45, 2.75) is 19.4 Å². The zero-order valence-corrected chi connectivity index (χ0v) is 10.7. The highest BCUT2D eigenvalue weighted by molar-refractivity contribution is 6.30. The Labute approximate surface area is 107 Å². The minimum absolute atomic E-state index is 0.0801. The summed E-state index contributed by atoms with van der Waals surface area (Å²) in [4.78, 5) is 0. The Morgan fingerprint density at radius 3 is 3.06 bits per heavy atom. The summed E-state index contributed by atoms with van der Waals surface area (Å²) in [6, 6.07) is 5.50. The molecule has 1 unspecified atom stereocenters. The van der Waals surface area contributed by atoms with Crippen molar-refractivity contribution in [2.75, 3.05) is 19.8 Å². The molecule has 1 saturated heterocycles. The van der Waals surface area contributed by atoms with E-state index in [1.54, 1.807) is 0 Å². The molecule has 0 spiro atoms. The molecule has 17 heavy (non-hydrogen) atoms. The summed E-state index contributed by atoms with van der Waals surface area (Å²) in [7, 11) is 0. The van der Waals surface area contributed by atoms with Crippen LogP contribution in [0.15, 0.2) is 18.2 Å². The van der Waals surface area contributed by atoms with Crippen molar-refractivity contribution in [3.63, 3.8) is 0 Å². The predicted molar refractivity (Wildman–Crippen MR) is 68.5 cm³/mol. The van der Waals surface area contributed by atoms with Gasteiger partial charge in [0.15, 0.2) is 0 Å². The van der Waals surface area contributed by atoms with Crippen molar-refractivity contribution in [2.24, 2.45) is 11.7 Å². The van der Waals surface area contributed by atoms with Gasteiger partial charge in [-0.05, 0) is 31.5 Å². The van der Waals surface area contributed by atoms with Crippen LogP contribution in [0.3, 0.4) is 0 Å². The average molecular weight is 256 g/mol. The van der Waals surface area contributed by atoms with Crippen molar-refractivity contribution in [1.29, 1.82) is 0 Å². The molecule has 1 aromatic carbocycles. The van der Waals surface area contributed by atoms with Crippen molar-refractivity contribution in [1.82, 2.24) is 0 Å². The largest absolute Gasteiger partial charge is 0.493 e. The van der Waals surface area contributed by atoms with Crippen molar-refractivity contribution < 1.29 is 9.47 Å². The van der Waals surface area contributed by atoms with Gasteiger partial charge in [0.1, 0.15) is 5.75 Å². The predicted octanol–water partition coefficient (Wildman–Crippen LogP) is 2.78. The molecule has 0 radical (unpaired) electrons. The van der Waals surface area contributed by atoms with Crippen molar-refractivity contribution >= 4 is 11.6 Å². The fraction of sp³-hybridized carbons (Fsp3) is 0.538. The van der Waals surface area contributed by atoms with Gasteiger partial charge in [0, 0.05) is 29.2 Å². The van der Waals surface area contributed by atoms with Gasteiger partial charge in [-0.1, -0.05) is 11.6 Å². The summed E-state index contributed by atoms with van der Waals surface area (Å²) in [6.45, 7) is 4.24. The molecule has 1 heterocycles. The molecule has 0 amide bonds. The van der Waals surface area contributed by atoms with Crippen LogP contribution in [0.1, 0.15) is 24.9 Å². The molecule has 1 aliphatic heterocycles. The lowest BCUT2D eigenvalue weighted by Gasteiger charge is -2.16. The Morgan fingerprint density at radius 1 is 1.59 bits per heavy atom.